The van der Waals surface area contributed by atoms with Crippen LogP contribution < -0.4 is 4.74 Å². The molecule has 0 amide bonds. The Morgan fingerprint density at radius 2 is 1.83 bits per heavy atom. The zero-order valence-corrected chi connectivity index (χ0v) is 17.5. The SMILES string of the molecule is C=C/C(F)=C(CP(O)CCC1O[C@H](Oc2ccccc2)C(O)C(O)[C@@H]1O)\C(F)=C/C. The smallest absolute Gasteiger partial charge is 0.229 e. The summed E-state index contributed by atoms with van der Waals surface area (Å²) in [6.45, 7) is 4.69. The minimum absolute atomic E-state index is 0.0856. The lowest BCUT2D eigenvalue weighted by Gasteiger charge is -2.40. The minimum Gasteiger partial charge on any atom is -0.462 e. The molecule has 2 rings (SSSR count). The van der Waals surface area contributed by atoms with Gasteiger partial charge in [-0.05, 0) is 37.7 Å². The van der Waals surface area contributed by atoms with Gasteiger partial charge in [0.2, 0.25) is 6.29 Å². The summed E-state index contributed by atoms with van der Waals surface area (Å²) in [6, 6.07) is 8.53. The van der Waals surface area contributed by atoms with Crippen LogP contribution in [0.1, 0.15) is 13.3 Å². The molecule has 1 aliphatic heterocycles. The quantitative estimate of drug-likeness (QED) is 0.345. The number of aliphatic hydroxyl groups excluding tert-OH is 3. The molecule has 0 radical (unpaired) electrons. The van der Waals surface area contributed by atoms with Crippen LogP contribution in [0.4, 0.5) is 8.78 Å². The van der Waals surface area contributed by atoms with Crippen LogP contribution in [0, 0.1) is 0 Å². The van der Waals surface area contributed by atoms with E-state index in [9.17, 15) is 29.0 Å². The van der Waals surface area contributed by atoms with Gasteiger partial charge >= 0.3 is 0 Å². The van der Waals surface area contributed by atoms with Crippen LogP contribution in [0.15, 0.2) is 66.3 Å². The van der Waals surface area contributed by atoms with Gasteiger partial charge in [0.15, 0.2) is 0 Å². The van der Waals surface area contributed by atoms with E-state index in [2.05, 4.69) is 6.58 Å². The maximum atomic E-state index is 13.9. The maximum Gasteiger partial charge on any atom is 0.229 e. The predicted octanol–water partition coefficient (Wildman–Crippen LogP) is 2.94. The lowest BCUT2D eigenvalue weighted by Crippen LogP contribution is -2.59. The van der Waals surface area contributed by atoms with E-state index < -0.39 is 50.5 Å². The molecule has 0 aliphatic carbocycles. The van der Waals surface area contributed by atoms with E-state index in [-0.39, 0.29) is 24.3 Å². The minimum atomic E-state index is -1.83. The van der Waals surface area contributed by atoms with Crippen molar-refractivity contribution in [2.24, 2.45) is 0 Å². The molecule has 0 aromatic heterocycles. The lowest BCUT2D eigenvalue weighted by molar-refractivity contribution is -0.272. The molecule has 166 valence electrons. The van der Waals surface area contributed by atoms with E-state index in [1.807, 2.05) is 0 Å². The molecule has 1 aromatic rings. The van der Waals surface area contributed by atoms with Gasteiger partial charge in [0.25, 0.3) is 0 Å². The van der Waals surface area contributed by atoms with Gasteiger partial charge in [0.05, 0.1) is 6.10 Å². The predicted molar refractivity (Wildman–Crippen MR) is 110 cm³/mol. The van der Waals surface area contributed by atoms with E-state index in [1.165, 1.54) is 6.92 Å². The molecule has 1 saturated heterocycles. The van der Waals surface area contributed by atoms with Crippen LogP contribution in [0.5, 0.6) is 5.75 Å². The Balaban J connectivity index is 2.01. The van der Waals surface area contributed by atoms with Crippen molar-refractivity contribution >= 4 is 8.15 Å². The number of para-hydroxylation sites is 1. The van der Waals surface area contributed by atoms with Crippen molar-refractivity contribution < 1.29 is 38.5 Å². The molecule has 0 bridgehead atoms. The number of benzene rings is 1. The van der Waals surface area contributed by atoms with Crippen molar-refractivity contribution in [2.45, 2.75) is 44.1 Å². The molecular weight excluding hydrogens is 417 g/mol. The summed E-state index contributed by atoms with van der Waals surface area (Å²) >= 11 is 0. The van der Waals surface area contributed by atoms with Gasteiger partial charge in [0, 0.05) is 19.9 Å². The number of hydrogen-bond donors (Lipinski definition) is 4. The largest absolute Gasteiger partial charge is 0.462 e. The van der Waals surface area contributed by atoms with Crippen molar-refractivity contribution in [1.82, 2.24) is 0 Å². The van der Waals surface area contributed by atoms with E-state index in [1.54, 1.807) is 30.3 Å². The number of hydrogen-bond acceptors (Lipinski definition) is 6. The van der Waals surface area contributed by atoms with Gasteiger partial charge in [-0.2, -0.15) is 0 Å². The van der Waals surface area contributed by atoms with Gasteiger partial charge in [-0.1, -0.05) is 30.9 Å². The van der Waals surface area contributed by atoms with Crippen LogP contribution in [0.3, 0.4) is 0 Å². The highest BCUT2D eigenvalue weighted by atomic mass is 31.1. The zero-order valence-electron chi connectivity index (χ0n) is 16.6. The second kappa shape index (κ2) is 11.6. The van der Waals surface area contributed by atoms with Crippen molar-refractivity contribution in [3.05, 3.63) is 66.3 Å². The first-order chi connectivity index (χ1) is 14.3. The summed E-state index contributed by atoms with van der Waals surface area (Å²) in [4.78, 5) is 10.3. The molecule has 1 heterocycles. The summed E-state index contributed by atoms with van der Waals surface area (Å²) < 4.78 is 38.9. The molecular formula is C21H27F2O6P. The van der Waals surface area contributed by atoms with Crippen molar-refractivity contribution in [3.8, 4) is 5.75 Å². The highest BCUT2D eigenvalue weighted by molar-refractivity contribution is 7.51. The summed E-state index contributed by atoms with van der Waals surface area (Å²) in [7, 11) is -1.83. The van der Waals surface area contributed by atoms with Crippen LogP contribution >= 0.6 is 8.15 Å². The first kappa shape index (κ1) is 24.6. The Hall–Kier alpha value is -1.67. The fraction of sp³-hybridized carbons (Fsp3) is 0.429. The van der Waals surface area contributed by atoms with Crippen molar-refractivity contribution in [1.29, 1.82) is 0 Å². The van der Waals surface area contributed by atoms with E-state index in [0.29, 0.717) is 5.75 Å². The van der Waals surface area contributed by atoms with E-state index in [0.717, 1.165) is 12.2 Å². The highest BCUT2D eigenvalue weighted by Gasteiger charge is 2.44. The molecule has 9 heteroatoms. The monoisotopic (exact) mass is 444 g/mol. The van der Waals surface area contributed by atoms with E-state index >= 15 is 0 Å². The number of aliphatic hydroxyl groups is 3. The van der Waals surface area contributed by atoms with Gasteiger partial charge in [0.1, 0.15) is 35.7 Å². The normalized spacial score (nSPS) is 29.2. The molecule has 6 nitrogen and oxygen atoms in total. The zero-order chi connectivity index (χ0) is 22.3. The standard InChI is InChI=1S/C21H27F2O6P/c1-3-15(22)14(16(23)4-2)12-30(27)11-10-17-18(24)19(25)20(26)21(29-17)28-13-8-6-5-7-9-13/h3-9,17-21,24-27H,1,10-12H2,2H3/b15-14+,16-4+/t17?,18-,19?,20?,21+,30?/m1/s1. The van der Waals surface area contributed by atoms with Crippen molar-refractivity contribution in [2.75, 3.05) is 12.3 Å². The number of rotatable bonds is 9. The average molecular weight is 444 g/mol. The summed E-state index contributed by atoms with van der Waals surface area (Å²) in [5, 5.41) is 30.5. The third kappa shape index (κ3) is 6.41. The molecule has 6 atom stereocenters. The second-order valence-corrected chi connectivity index (χ2v) is 8.57. The first-order valence-corrected chi connectivity index (χ1v) is 11.1. The molecule has 1 fully saturated rings. The van der Waals surface area contributed by atoms with Gasteiger partial charge < -0.3 is 29.7 Å². The third-order valence-electron chi connectivity index (χ3n) is 4.69. The molecule has 4 N–H and O–H groups in total. The van der Waals surface area contributed by atoms with E-state index in [4.69, 9.17) is 9.47 Å². The molecule has 4 unspecified atom stereocenters. The number of halogens is 2. The molecule has 1 aliphatic rings. The summed E-state index contributed by atoms with van der Waals surface area (Å²) in [5.41, 5.74) is -0.271. The Morgan fingerprint density at radius 1 is 1.17 bits per heavy atom. The fourth-order valence-corrected chi connectivity index (χ4v) is 4.36. The summed E-state index contributed by atoms with van der Waals surface area (Å²) in [5.74, 6) is -1.22. The topological polar surface area (TPSA) is 99.4 Å². The summed E-state index contributed by atoms with van der Waals surface area (Å²) in [6.07, 6.45) is -4.67. The molecule has 30 heavy (non-hydrogen) atoms. The second-order valence-electron chi connectivity index (χ2n) is 6.79. The number of ether oxygens (including phenoxy) is 2. The van der Waals surface area contributed by atoms with Crippen LogP contribution in [0.25, 0.3) is 0 Å². The Kier molecular flexibility index (Phi) is 9.55. The third-order valence-corrected chi connectivity index (χ3v) is 6.14. The fourth-order valence-electron chi connectivity index (χ4n) is 2.99. The maximum absolute atomic E-state index is 13.9. The van der Waals surface area contributed by atoms with Crippen LogP contribution in [-0.2, 0) is 4.74 Å². The Morgan fingerprint density at radius 3 is 2.43 bits per heavy atom. The number of allylic oxidation sites excluding steroid dienone is 5. The highest BCUT2D eigenvalue weighted by Crippen LogP contribution is 2.38. The van der Waals surface area contributed by atoms with Crippen LogP contribution in [-0.4, -0.2) is 63.2 Å². The Bertz CT molecular complexity index is 757. The molecule has 0 spiro atoms. The van der Waals surface area contributed by atoms with Gasteiger partial charge in [-0.15, -0.1) is 0 Å². The van der Waals surface area contributed by atoms with Gasteiger partial charge in [-0.3, -0.25) is 0 Å². The van der Waals surface area contributed by atoms with Crippen molar-refractivity contribution in [3.63, 3.8) is 0 Å². The molecule has 1 aromatic carbocycles. The Labute approximate surface area is 175 Å². The lowest BCUT2D eigenvalue weighted by atomic mass is 9.97. The molecule has 0 saturated carbocycles. The van der Waals surface area contributed by atoms with Gasteiger partial charge in [-0.25, -0.2) is 8.78 Å². The van der Waals surface area contributed by atoms with Crippen LogP contribution in [0.2, 0.25) is 0 Å². The average Bonchev–Trinajstić information content (AvgIpc) is 2.76. The first-order valence-electron chi connectivity index (χ1n) is 9.47.